The van der Waals surface area contributed by atoms with Crippen molar-refractivity contribution in [2.45, 2.75) is 134 Å². The molecule has 38 heavy (non-hydrogen) atoms. The third-order valence-electron chi connectivity index (χ3n) is 5.58. The maximum atomic E-state index is 12.6. The zero-order chi connectivity index (χ0) is 31.5. The smallest absolute Gasteiger partial charge is 0.521 e. The van der Waals surface area contributed by atoms with E-state index in [1.54, 1.807) is 0 Å². The first-order chi connectivity index (χ1) is 17.2. The normalized spacial score (nSPS) is 9.66. The van der Waals surface area contributed by atoms with Crippen molar-refractivity contribution in [1.82, 2.24) is 9.80 Å². The zero-order valence-electron chi connectivity index (χ0n) is 29.3. The Morgan fingerprint density at radius 1 is 0.763 bits per heavy atom. The summed E-state index contributed by atoms with van der Waals surface area (Å²) in [5, 5.41) is 0. The van der Waals surface area contributed by atoms with Gasteiger partial charge >= 0.3 is 51.4 Å². The summed E-state index contributed by atoms with van der Waals surface area (Å²) in [4.78, 5) is 28.2. The summed E-state index contributed by atoms with van der Waals surface area (Å²) in [5.41, 5.74) is -0.480. The van der Waals surface area contributed by atoms with Crippen LogP contribution in [0.25, 0.3) is 0 Å². The van der Waals surface area contributed by atoms with Crippen molar-refractivity contribution in [3.8, 4) is 0 Å². The molecule has 0 atom stereocenters. The second-order valence-corrected chi connectivity index (χ2v) is 9.05. The summed E-state index contributed by atoms with van der Waals surface area (Å²) in [6.45, 7) is 44.6. The number of hydrogen-bond acceptors (Lipinski definition) is 4. The minimum absolute atomic E-state index is 0. The Morgan fingerprint density at radius 3 is 1.26 bits per heavy atom. The van der Waals surface area contributed by atoms with Gasteiger partial charge in [0.1, 0.15) is 0 Å². The van der Waals surface area contributed by atoms with Gasteiger partial charge in [-0.2, -0.15) is 6.92 Å². The van der Waals surface area contributed by atoms with E-state index >= 15 is 0 Å². The zero-order valence-corrected chi connectivity index (χ0v) is 32.4. The number of likely N-dealkylation sites (N-methyl/N-ethyl adjacent to an activating group) is 2. The molecule has 4 nitrogen and oxygen atoms in total. The van der Waals surface area contributed by atoms with Crippen LogP contribution in [0.4, 0.5) is 0 Å². The van der Waals surface area contributed by atoms with Gasteiger partial charge in [-0.25, -0.2) is 0 Å². The topological polar surface area (TPSA) is 40.6 Å². The number of carbonyl (C=O) groups is 2. The number of rotatable bonds is 12. The van der Waals surface area contributed by atoms with Crippen LogP contribution in [0.1, 0.15) is 117 Å². The molecule has 0 aliphatic carbocycles. The predicted octanol–water partition coefficient (Wildman–Crippen LogP) is 6.23. The molecule has 0 N–H and O–H groups in total. The van der Waals surface area contributed by atoms with Crippen molar-refractivity contribution < 1.29 is 61.0 Å². The van der Waals surface area contributed by atoms with E-state index < -0.39 is 5.54 Å². The van der Waals surface area contributed by atoms with Crippen molar-refractivity contribution in [3.05, 3.63) is 44.5 Å². The Morgan fingerprint density at radius 2 is 1.08 bits per heavy atom. The molecule has 0 rings (SSSR count). The first-order valence-electron chi connectivity index (χ1n) is 14.2. The second-order valence-electron chi connectivity index (χ2n) is 9.05. The first-order valence-corrected chi connectivity index (χ1v) is 14.2. The Labute approximate surface area is 284 Å². The van der Waals surface area contributed by atoms with E-state index in [1.807, 2.05) is 107 Å². The van der Waals surface area contributed by atoms with Crippen LogP contribution in [0, 0.1) is 24.5 Å². The quantitative estimate of drug-likeness (QED) is 0.160. The molecule has 224 valence electrons. The molecule has 0 aliphatic heterocycles. The van der Waals surface area contributed by atoms with E-state index in [-0.39, 0.29) is 74.8 Å². The molecular formula is C33H68KN2O2-. The van der Waals surface area contributed by atoms with E-state index in [0.29, 0.717) is 24.9 Å². The summed E-state index contributed by atoms with van der Waals surface area (Å²) in [5.74, 6) is 0.641. The predicted molar refractivity (Wildman–Crippen MR) is 171 cm³/mol. The second kappa shape index (κ2) is 35.0. The van der Waals surface area contributed by atoms with Gasteiger partial charge in [-0.15, -0.1) is 13.2 Å². The SMILES string of the molecule is C=CCC(CC=C)(C(=O)C(C)C)N(C)C(C)C.CC.CC.CC.C[C-](C(=O)C(C)C)N(C)C(C)C.[CH-]=C.[K+]. The third kappa shape index (κ3) is 22.8. The van der Waals surface area contributed by atoms with Crippen LogP contribution in [0.3, 0.4) is 0 Å². The molecule has 0 unspecified atom stereocenters. The molecule has 0 saturated carbocycles. The minimum atomic E-state index is -0.480. The standard InChI is InChI=1S/C15H27NO.C10H20NO.3C2H6.C2H3.K/c1-8-10-15(11-9-2,14(17)12(3)4)16(7)13(5)6;1-7(2)10(12)9(5)11(6)8(3)4;4*1-2;/h8-9,12-13H,1-2,10-11H2,3-7H3;7-8H,1-6H3;3*1-2H3;1H,2H2;/q;-1;;;;-1;+1. The molecule has 0 amide bonds. The molecular weight excluding hydrogens is 495 g/mol. The Kier molecular flexibility index (Phi) is 49.9. The van der Waals surface area contributed by atoms with Gasteiger partial charge in [-0.3, -0.25) is 22.3 Å². The maximum absolute atomic E-state index is 12.6. The van der Waals surface area contributed by atoms with Gasteiger partial charge in [0.05, 0.1) is 5.54 Å². The average molecular weight is 564 g/mol. The van der Waals surface area contributed by atoms with Crippen LogP contribution in [0.2, 0.25) is 0 Å². The molecule has 0 aromatic carbocycles. The van der Waals surface area contributed by atoms with Gasteiger partial charge in [0.15, 0.2) is 5.78 Å². The van der Waals surface area contributed by atoms with Gasteiger partial charge in [-0.05, 0) is 52.7 Å². The minimum Gasteiger partial charge on any atom is -0.521 e. The van der Waals surface area contributed by atoms with Crippen molar-refractivity contribution in [2.24, 2.45) is 11.8 Å². The van der Waals surface area contributed by atoms with Gasteiger partial charge in [0.25, 0.3) is 0 Å². The van der Waals surface area contributed by atoms with Crippen molar-refractivity contribution in [1.29, 1.82) is 0 Å². The van der Waals surface area contributed by atoms with Crippen LogP contribution in [0.15, 0.2) is 31.9 Å². The summed E-state index contributed by atoms with van der Waals surface area (Å²) in [6, 6.07) is 1.57. The third-order valence-corrected chi connectivity index (χ3v) is 5.58. The fourth-order valence-electron chi connectivity index (χ4n) is 3.23. The average Bonchev–Trinajstić information content (AvgIpc) is 2.90. The number of carbonyl (C=O) groups excluding carboxylic acids is 2. The molecule has 0 fully saturated rings. The van der Waals surface area contributed by atoms with E-state index in [4.69, 9.17) is 0 Å². The van der Waals surface area contributed by atoms with Crippen LogP contribution in [-0.2, 0) is 9.59 Å². The summed E-state index contributed by atoms with van der Waals surface area (Å²) >= 11 is 0. The summed E-state index contributed by atoms with van der Waals surface area (Å²) in [7, 11) is 3.97. The number of nitrogens with zero attached hydrogens (tertiary/aromatic N) is 2. The largest absolute Gasteiger partial charge is 1.00 e. The molecule has 0 saturated heterocycles. The molecule has 0 radical (unpaired) electrons. The van der Waals surface area contributed by atoms with E-state index in [9.17, 15) is 9.59 Å². The Balaban J connectivity index is -0.0000000804. The molecule has 0 spiro atoms. The fraction of sp³-hybridized carbons (Fsp3) is 0.727. The molecule has 0 aliphatic rings. The van der Waals surface area contributed by atoms with Gasteiger partial charge in [0.2, 0.25) is 0 Å². The van der Waals surface area contributed by atoms with Gasteiger partial charge < -0.3 is 16.3 Å². The molecule has 0 aromatic heterocycles. The van der Waals surface area contributed by atoms with Crippen molar-refractivity contribution in [2.75, 3.05) is 14.1 Å². The van der Waals surface area contributed by atoms with Crippen LogP contribution in [-0.4, -0.2) is 53.1 Å². The van der Waals surface area contributed by atoms with Crippen molar-refractivity contribution in [3.63, 3.8) is 0 Å². The van der Waals surface area contributed by atoms with E-state index in [1.165, 1.54) is 0 Å². The fourth-order valence-corrected chi connectivity index (χ4v) is 3.23. The number of ketones is 2. The summed E-state index contributed by atoms with van der Waals surface area (Å²) < 4.78 is 0. The van der Waals surface area contributed by atoms with Crippen LogP contribution >= 0.6 is 0 Å². The van der Waals surface area contributed by atoms with E-state index in [0.717, 1.165) is 6.04 Å². The Hall–Kier alpha value is -0.0136. The Bertz CT molecular complexity index is 533. The first kappa shape index (κ1) is 54.1. The van der Waals surface area contributed by atoms with Gasteiger partial charge in [-0.1, -0.05) is 95.2 Å². The van der Waals surface area contributed by atoms with Crippen LogP contribution < -0.4 is 51.4 Å². The molecule has 0 heterocycles. The molecule has 5 heteroatoms. The molecule has 0 bridgehead atoms. The maximum Gasteiger partial charge on any atom is 1.00 e. The van der Waals surface area contributed by atoms with Crippen molar-refractivity contribution >= 4 is 11.6 Å². The number of Topliss-reactive ketones (excluding diaryl/α,β-unsaturated/α-hetero) is 2. The number of hydrogen-bond donors (Lipinski definition) is 0. The van der Waals surface area contributed by atoms with E-state index in [2.05, 4.69) is 58.9 Å². The van der Waals surface area contributed by atoms with Gasteiger partial charge in [0, 0.05) is 17.7 Å². The monoisotopic (exact) mass is 563 g/mol. The van der Waals surface area contributed by atoms with Crippen LogP contribution in [0.5, 0.6) is 0 Å². The summed E-state index contributed by atoms with van der Waals surface area (Å²) in [6.07, 6.45) is 5.01. The molecule has 0 aromatic rings.